The number of fused-ring (bicyclic) bond motifs is 2. The van der Waals surface area contributed by atoms with Crippen LogP contribution in [0, 0.1) is 5.92 Å². The van der Waals surface area contributed by atoms with Gasteiger partial charge in [0.1, 0.15) is 11.7 Å². The summed E-state index contributed by atoms with van der Waals surface area (Å²) in [7, 11) is -3.11. The number of carbonyl (C=O) groups excluding carboxylic acids is 1. The summed E-state index contributed by atoms with van der Waals surface area (Å²) < 4.78 is 29.0. The van der Waals surface area contributed by atoms with E-state index in [4.69, 9.17) is 4.74 Å². The molecule has 0 aromatic carbocycles. The predicted octanol–water partition coefficient (Wildman–Crippen LogP) is 2.11. The predicted molar refractivity (Wildman–Crippen MR) is 120 cm³/mol. The maximum Gasteiger partial charge on any atom is 0.409 e. The number of hydrogen-bond acceptors (Lipinski definition) is 7. The van der Waals surface area contributed by atoms with Gasteiger partial charge in [-0.3, -0.25) is 0 Å². The minimum absolute atomic E-state index is 0.00193. The summed E-state index contributed by atoms with van der Waals surface area (Å²) in [6, 6.07) is 4.10. The molecule has 0 saturated carbocycles. The molecule has 9 heteroatoms. The standard InChI is InChI=1S/C22H34N4O4S/c1-3-30-21(27)25-11-6-18(7-12-25)15-24-13-8-22(9-14-24)16-26(17-31(2,28)29)20-19(22)5-4-10-23-20/h4-5,10,18H,3,6-9,11-17H2,1-2H3. The highest BCUT2D eigenvalue weighted by molar-refractivity contribution is 7.90. The van der Waals surface area contributed by atoms with Crippen LogP contribution < -0.4 is 4.90 Å². The highest BCUT2D eigenvalue weighted by atomic mass is 32.2. The van der Waals surface area contributed by atoms with Crippen LogP contribution in [0.1, 0.15) is 38.2 Å². The number of ether oxygens (including phenoxy) is 1. The average Bonchev–Trinajstić information content (AvgIpc) is 3.02. The molecule has 1 aromatic rings. The summed E-state index contributed by atoms with van der Waals surface area (Å²) in [4.78, 5) is 22.7. The van der Waals surface area contributed by atoms with Crippen LogP contribution in [0.15, 0.2) is 18.3 Å². The summed E-state index contributed by atoms with van der Waals surface area (Å²) in [5, 5.41) is 0. The van der Waals surface area contributed by atoms with Crippen molar-refractivity contribution in [1.82, 2.24) is 14.8 Å². The first kappa shape index (κ1) is 22.3. The average molecular weight is 451 g/mol. The second-order valence-corrected chi connectivity index (χ2v) is 11.4. The number of likely N-dealkylation sites (tertiary alicyclic amines) is 2. The lowest BCUT2D eigenvalue weighted by Gasteiger charge is -2.42. The van der Waals surface area contributed by atoms with Gasteiger partial charge in [-0.2, -0.15) is 0 Å². The van der Waals surface area contributed by atoms with Crippen LogP contribution in [-0.2, 0) is 20.0 Å². The van der Waals surface area contributed by atoms with Gasteiger partial charge in [0.2, 0.25) is 0 Å². The lowest BCUT2D eigenvalue weighted by Crippen LogP contribution is -2.48. The Morgan fingerprint density at radius 1 is 1.23 bits per heavy atom. The third kappa shape index (κ3) is 4.98. The van der Waals surface area contributed by atoms with E-state index in [1.807, 2.05) is 22.8 Å². The van der Waals surface area contributed by atoms with E-state index in [0.29, 0.717) is 12.5 Å². The van der Waals surface area contributed by atoms with Crippen molar-refractivity contribution in [3.63, 3.8) is 0 Å². The van der Waals surface area contributed by atoms with Crippen LogP contribution in [-0.4, -0.2) is 87.3 Å². The smallest absolute Gasteiger partial charge is 0.409 e. The fourth-order valence-electron chi connectivity index (χ4n) is 5.45. The molecule has 0 atom stereocenters. The third-order valence-electron chi connectivity index (χ3n) is 7.01. The number of rotatable bonds is 5. The minimum atomic E-state index is -3.11. The molecule has 172 valence electrons. The zero-order valence-corrected chi connectivity index (χ0v) is 19.4. The fourth-order valence-corrected chi connectivity index (χ4v) is 6.23. The van der Waals surface area contributed by atoms with E-state index in [9.17, 15) is 13.2 Å². The first-order chi connectivity index (χ1) is 14.8. The van der Waals surface area contributed by atoms with Crippen LogP contribution in [0.4, 0.5) is 10.6 Å². The Morgan fingerprint density at radius 3 is 2.58 bits per heavy atom. The van der Waals surface area contributed by atoms with E-state index >= 15 is 0 Å². The number of pyridine rings is 1. The number of carbonyl (C=O) groups is 1. The van der Waals surface area contributed by atoms with Gasteiger partial charge in [-0.05, 0) is 57.7 Å². The Morgan fingerprint density at radius 2 is 1.94 bits per heavy atom. The molecule has 31 heavy (non-hydrogen) atoms. The number of sulfone groups is 1. The van der Waals surface area contributed by atoms with Gasteiger partial charge in [-0.1, -0.05) is 6.07 Å². The summed E-state index contributed by atoms with van der Waals surface area (Å²) >= 11 is 0. The lowest BCUT2D eigenvalue weighted by atomic mass is 9.74. The summed E-state index contributed by atoms with van der Waals surface area (Å²) in [5.74, 6) is 1.48. The Balaban J connectivity index is 1.33. The normalized spacial score (nSPS) is 22.0. The Labute approximate surface area is 185 Å². The number of piperidine rings is 2. The molecule has 0 aliphatic carbocycles. The Bertz CT molecular complexity index is 891. The number of anilines is 1. The van der Waals surface area contributed by atoms with Gasteiger partial charge in [0.25, 0.3) is 0 Å². The Hall–Kier alpha value is -1.87. The van der Waals surface area contributed by atoms with Gasteiger partial charge in [-0.25, -0.2) is 18.2 Å². The van der Waals surface area contributed by atoms with Gasteiger partial charge in [0.05, 0.1) is 6.61 Å². The third-order valence-corrected chi connectivity index (χ3v) is 7.79. The molecule has 8 nitrogen and oxygen atoms in total. The topological polar surface area (TPSA) is 83.0 Å². The zero-order chi connectivity index (χ0) is 22.1. The van der Waals surface area contributed by atoms with Crippen LogP contribution in [0.2, 0.25) is 0 Å². The monoisotopic (exact) mass is 450 g/mol. The summed E-state index contributed by atoms with van der Waals surface area (Å²) in [6.07, 6.45) is 6.95. The molecule has 3 aliphatic heterocycles. The molecule has 0 N–H and O–H groups in total. The molecule has 3 aliphatic rings. The first-order valence-corrected chi connectivity index (χ1v) is 13.4. The molecule has 0 bridgehead atoms. The maximum absolute atomic E-state index is 11.9. The van der Waals surface area contributed by atoms with Gasteiger partial charge in [0.15, 0.2) is 9.84 Å². The fraction of sp³-hybridized carbons (Fsp3) is 0.727. The van der Waals surface area contributed by atoms with E-state index in [0.717, 1.165) is 70.8 Å². The highest BCUT2D eigenvalue weighted by Gasteiger charge is 2.46. The van der Waals surface area contributed by atoms with E-state index in [1.54, 1.807) is 6.20 Å². The van der Waals surface area contributed by atoms with Gasteiger partial charge in [-0.15, -0.1) is 0 Å². The minimum Gasteiger partial charge on any atom is -0.450 e. The second-order valence-electron chi connectivity index (χ2n) is 9.34. The van der Waals surface area contributed by atoms with E-state index < -0.39 is 9.84 Å². The largest absolute Gasteiger partial charge is 0.450 e. The van der Waals surface area contributed by atoms with E-state index in [-0.39, 0.29) is 17.4 Å². The molecule has 1 spiro atoms. The van der Waals surface area contributed by atoms with Crippen LogP contribution in [0.5, 0.6) is 0 Å². The first-order valence-electron chi connectivity index (χ1n) is 11.3. The molecule has 4 heterocycles. The molecule has 2 fully saturated rings. The van der Waals surface area contributed by atoms with Crippen molar-refractivity contribution in [2.24, 2.45) is 5.92 Å². The van der Waals surface area contributed by atoms with Crippen molar-refractivity contribution in [2.45, 2.75) is 38.0 Å². The van der Waals surface area contributed by atoms with Crippen molar-refractivity contribution in [2.75, 3.05) is 62.9 Å². The maximum atomic E-state index is 11.9. The number of hydrogen-bond donors (Lipinski definition) is 0. The lowest BCUT2D eigenvalue weighted by molar-refractivity contribution is 0.0798. The molecule has 0 radical (unpaired) electrons. The highest BCUT2D eigenvalue weighted by Crippen LogP contribution is 2.46. The van der Waals surface area contributed by atoms with Gasteiger partial charge < -0.3 is 19.4 Å². The molecule has 0 unspecified atom stereocenters. The number of aromatic nitrogens is 1. The SMILES string of the molecule is CCOC(=O)N1CCC(CN2CCC3(CC2)CN(CS(C)(=O)=O)c2ncccc23)CC1. The zero-order valence-electron chi connectivity index (χ0n) is 18.6. The van der Waals surface area contributed by atoms with Crippen LogP contribution in [0.25, 0.3) is 0 Å². The number of nitrogens with zero attached hydrogens (tertiary/aromatic N) is 4. The van der Waals surface area contributed by atoms with Crippen molar-refractivity contribution in [3.8, 4) is 0 Å². The molecule has 2 saturated heterocycles. The molecular formula is C22H34N4O4S. The van der Waals surface area contributed by atoms with Crippen molar-refractivity contribution < 1.29 is 17.9 Å². The van der Waals surface area contributed by atoms with E-state index in [1.165, 1.54) is 11.8 Å². The van der Waals surface area contributed by atoms with Gasteiger partial charge >= 0.3 is 6.09 Å². The number of amides is 1. The quantitative estimate of drug-likeness (QED) is 0.679. The van der Waals surface area contributed by atoms with Crippen molar-refractivity contribution in [1.29, 1.82) is 0 Å². The molecule has 1 amide bonds. The van der Waals surface area contributed by atoms with Crippen molar-refractivity contribution >= 4 is 21.7 Å². The van der Waals surface area contributed by atoms with Crippen LogP contribution in [0.3, 0.4) is 0 Å². The molecule has 4 rings (SSSR count). The molecular weight excluding hydrogens is 416 g/mol. The second kappa shape index (κ2) is 8.94. The summed E-state index contributed by atoms with van der Waals surface area (Å²) in [5.41, 5.74) is 1.21. The Kier molecular flexibility index (Phi) is 6.44. The van der Waals surface area contributed by atoms with Crippen LogP contribution >= 0.6 is 0 Å². The van der Waals surface area contributed by atoms with E-state index in [2.05, 4.69) is 16.0 Å². The van der Waals surface area contributed by atoms with Crippen molar-refractivity contribution in [3.05, 3.63) is 23.9 Å². The summed E-state index contributed by atoms with van der Waals surface area (Å²) in [6.45, 7) is 7.65. The molecule has 1 aromatic heterocycles. The van der Waals surface area contributed by atoms with Gasteiger partial charge in [0, 0.05) is 49.6 Å².